The topological polar surface area (TPSA) is 12.0 Å². The minimum Gasteiger partial charge on any atom is -0.312 e. The van der Waals surface area contributed by atoms with Crippen molar-refractivity contribution in [3.63, 3.8) is 0 Å². The maximum Gasteiger partial charge on any atom is 0.136 e. The van der Waals surface area contributed by atoms with Crippen molar-refractivity contribution in [2.75, 3.05) is 7.05 Å². The summed E-state index contributed by atoms with van der Waals surface area (Å²) in [6, 6.07) is 16.0. The predicted molar refractivity (Wildman–Crippen MR) is 87.2 cm³/mol. The molecule has 3 heteroatoms. The van der Waals surface area contributed by atoms with Crippen LogP contribution >= 0.6 is 11.8 Å². The number of nitrogens with one attached hydrogen (secondary N) is 1. The molecule has 0 bridgehead atoms. The highest BCUT2D eigenvalue weighted by Gasteiger charge is 2.27. The van der Waals surface area contributed by atoms with Gasteiger partial charge in [0, 0.05) is 16.2 Å². The second kappa shape index (κ2) is 6.63. The van der Waals surface area contributed by atoms with E-state index in [1.165, 1.54) is 11.1 Å². The van der Waals surface area contributed by atoms with Gasteiger partial charge in [-0.2, -0.15) is 0 Å². The van der Waals surface area contributed by atoms with Crippen LogP contribution in [-0.2, 0) is 6.42 Å². The molecule has 2 atom stereocenters. The molecule has 21 heavy (non-hydrogen) atoms. The van der Waals surface area contributed by atoms with Crippen LogP contribution in [0.1, 0.15) is 30.0 Å². The van der Waals surface area contributed by atoms with Gasteiger partial charge in [-0.15, -0.1) is 11.8 Å². The molecule has 2 aromatic carbocycles. The van der Waals surface area contributed by atoms with E-state index in [0.717, 1.165) is 24.2 Å². The van der Waals surface area contributed by atoms with Gasteiger partial charge in [0.2, 0.25) is 0 Å². The van der Waals surface area contributed by atoms with Crippen LogP contribution < -0.4 is 5.32 Å². The molecule has 110 valence electrons. The summed E-state index contributed by atoms with van der Waals surface area (Å²) in [5, 5.41) is 3.80. The van der Waals surface area contributed by atoms with E-state index < -0.39 is 0 Å². The van der Waals surface area contributed by atoms with Crippen LogP contribution in [0.4, 0.5) is 4.39 Å². The lowest BCUT2D eigenvalue weighted by molar-refractivity contribution is 0.545. The summed E-state index contributed by atoms with van der Waals surface area (Å²) >= 11 is 1.66. The second-order valence-electron chi connectivity index (χ2n) is 5.44. The van der Waals surface area contributed by atoms with E-state index in [2.05, 4.69) is 29.6 Å². The lowest BCUT2D eigenvalue weighted by Gasteiger charge is -2.26. The Kier molecular flexibility index (Phi) is 4.61. The first-order valence-corrected chi connectivity index (χ1v) is 8.34. The Bertz CT molecular complexity index is 614. The monoisotopic (exact) mass is 301 g/mol. The van der Waals surface area contributed by atoms with Crippen LogP contribution in [0.15, 0.2) is 53.4 Å². The molecule has 0 radical (unpaired) electrons. The first-order chi connectivity index (χ1) is 10.3. The quantitative estimate of drug-likeness (QED) is 0.833. The Morgan fingerprint density at radius 2 is 1.86 bits per heavy atom. The molecule has 0 saturated heterocycles. The third-order valence-corrected chi connectivity index (χ3v) is 5.52. The maximum atomic E-state index is 13.9. The summed E-state index contributed by atoms with van der Waals surface area (Å²) in [5.41, 5.74) is 2.79. The van der Waals surface area contributed by atoms with Gasteiger partial charge in [0.1, 0.15) is 5.82 Å². The molecule has 0 aromatic heterocycles. The van der Waals surface area contributed by atoms with Crippen LogP contribution in [0.2, 0.25) is 0 Å². The van der Waals surface area contributed by atoms with Gasteiger partial charge in [-0.25, -0.2) is 4.39 Å². The smallest absolute Gasteiger partial charge is 0.136 e. The van der Waals surface area contributed by atoms with Gasteiger partial charge in [-0.1, -0.05) is 36.4 Å². The summed E-state index contributed by atoms with van der Waals surface area (Å²) < 4.78 is 13.9. The van der Waals surface area contributed by atoms with E-state index in [1.807, 2.05) is 19.2 Å². The number of aryl methyl sites for hydroxylation is 1. The van der Waals surface area contributed by atoms with Crippen LogP contribution in [-0.4, -0.2) is 12.3 Å². The Labute approximate surface area is 130 Å². The van der Waals surface area contributed by atoms with Crippen LogP contribution in [0, 0.1) is 5.82 Å². The first kappa shape index (κ1) is 14.6. The van der Waals surface area contributed by atoms with E-state index in [4.69, 9.17) is 0 Å². The largest absolute Gasteiger partial charge is 0.312 e. The lowest BCUT2D eigenvalue weighted by Crippen LogP contribution is -2.27. The number of fused-ring (bicyclic) bond motifs is 1. The third-order valence-electron chi connectivity index (χ3n) is 4.12. The van der Waals surface area contributed by atoms with Gasteiger partial charge < -0.3 is 5.32 Å². The van der Waals surface area contributed by atoms with Crippen molar-refractivity contribution in [3.8, 4) is 0 Å². The standard InChI is InChI=1S/C18H20FNS/c1-20-18-14-9-3-2-7-13(14)8-6-12-17(18)21-16-11-5-4-10-15(16)19/h2-5,7,9-11,17-18,20H,6,8,12H2,1H3. The molecule has 1 N–H and O–H groups in total. The number of rotatable bonds is 3. The second-order valence-corrected chi connectivity index (χ2v) is 6.73. The van der Waals surface area contributed by atoms with Crippen molar-refractivity contribution < 1.29 is 4.39 Å². The Morgan fingerprint density at radius 3 is 2.67 bits per heavy atom. The zero-order valence-electron chi connectivity index (χ0n) is 12.2. The third kappa shape index (κ3) is 3.14. The van der Waals surface area contributed by atoms with Crippen LogP contribution in [0.5, 0.6) is 0 Å². The summed E-state index contributed by atoms with van der Waals surface area (Å²) in [5.74, 6) is -0.116. The molecule has 0 fully saturated rings. The number of benzene rings is 2. The molecular weight excluding hydrogens is 281 g/mol. The van der Waals surface area contributed by atoms with E-state index >= 15 is 0 Å². The minimum atomic E-state index is -0.116. The minimum absolute atomic E-state index is 0.116. The fourth-order valence-electron chi connectivity index (χ4n) is 3.10. The van der Waals surface area contributed by atoms with Crippen LogP contribution in [0.25, 0.3) is 0 Å². The molecule has 0 aliphatic heterocycles. The summed E-state index contributed by atoms with van der Waals surface area (Å²) in [6.45, 7) is 0. The highest BCUT2D eigenvalue weighted by atomic mass is 32.2. The van der Waals surface area contributed by atoms with E-state index in [0.29, 0.717) is 5.25 Å². The first-order valence-electron chi connectivity index (χ1n) is 7.46. The summed E-state index contributed by atoms with van der Waals surface area (Å²) in [4.78, 5) is 0.752. The number of thioether (sulfide) groups is 1. The molecule has 2 aromatic rings. The fraction of sp³-hybridized carbons (Fsp3) is 0.333. The van der Waals surface area contributed by atoms with Gasteiger partial charge >= 0.3 is 0 Å². The highest BCUT2D eigenvalue weighted by molar-refractivity contribution is 8.00. The molecule has 0 amide bonds. The van der Waals surface area contributed by atoms with Crippen molar-refractivity contribution >= 4 is 11.8 Å². The lowest BCUT2D eigenvalue weighted by atomic mass is 9.99. The van der Waals surface area contributed by atoms with Crippen LogP contribution in [0.3, 0.4) is 0 Å². The molecule has 1 aliphatic carbocycles. The Balaban J connectivity index is 1.90. The zero-order valence-corrected chi connectivity index (χ0v) is 13.0. The fourth-order valence-corrected chi connectivity index (χ4v) is 4.46. The van der Waals surface area contributed by atoms with Gasteiger partial charge in [-0.05, 0) is 49.6 Å². The Hall–Kier alpha value is -1.32. The van der Waals surface area contributed by atoms with Gasteiger partial charge in [0.15, 0.2) is 0 Å². The van der Waals surface area contributed by atoms with Crippen molar-refractivity contribution in [2.45, 2.75) is 35.4 Å². The summed E-state index contributed by atoms with van der Waals surface area (Å²) in [7, 11) is 2.00. The molecule has 3 rings (SSSR count). The van der Waals surface area contributed by atoms with Crippen molar-refractivity contribution in [1.29, 1.82) is 0 Å². The molecule has 0 heterocycles. The van der Waals surface area contributed by atoms with Gasteiger partial charge in [0.05, 0.1) is 0 Å². The number of hydrogen-bond acceptors (Lipinski definition) is 2. The molecule has 2 unspecified atom stereocenters. The van der Waals surface area contributed by atoms with Gasteiger partial charge in [-0.3, -0.25) is 0 Å². The molecular formula is C18H20FNS. The number of hydrogen-bond donors (Lipinski definition) is 1. The van der Waals surface area contributed by atoms with Gasteiger partial charge in [0.25, 0.3) is 0 Å². The zero-order chi connectivity index (χ0) is 14.7. The summed E-state index contributed by atoms with van der Waals surface area (Å²) in [6.07, 6.45) is 3.36. The molecule has 0 spiro atoms. The molecule has 0 saturated carbocycles. The van der Waals surface area contributed by atoms with E-state index in [9.17, 15) is 4.39 Å². The van der Waals surface area contributed by atoms with Crippen molar-refractivity contribution in [2.24, 2.45) is 0 Å². The van der Waals surface area contributed by atoms with Crippen molar-refractivity contribution in [3.05, 3.63) is 65.5 Å². The molecule has 1 nitrogen and oxygen atoms in total. The highest BCUT2D eigenvalue weighted by Crippen LogP contribution is 2.39. The normalized spacial score (nSPS) is 21.6. The maximum absolute atomic E-state index is 13.9. The van der Waals surface area contributed by atoms with Crippen molar-refractivity contribution in [1.82, 2.24) is 5.32 Å². The molecule has 1 aliphatic rings. The average Bonchev–Trinajstić information content (AvgIpc) is 2.68. The number of halogens is 1. The SMILES string of the molecule is CNC1c2ccccc2CCCC1Sc1ccccc1F. The van der Waals surface area contributed by atoms with E-state index in [1.54, 1.807) is 23.9 Å². The van der Waals surface area contributed by atoms with E-state index in [-0.39, 0.29) is 11.9 Å². The Morgan fingerprint density at radius 1 is 1.10 bits per heavy atom. The predicted octanol–water partition coefficient (Wildman–Crippen LogP) is 4.58. The average molecular weight is 301 g/mol.